The van der Waals surface area contributed by atoms with Gasteiger partial charge in [0, 0.05) is 12.0 Å². The number of unbranched alkanes of at least 4 members (excludes halogenated alkanes) is 1. The molecule has 4 nitrogen and oxygen atoms in total. The molecular weight excluding hydrogens is 297 g/mol. The van der Waals surface area contributed by atoms with Crippen molar-refractivity contribution in [2.24, 2.45) is 5.73 Å². The minimum absolute atomic E-state index is 0.0104. The van der Waals surface area contributed by atoms with E-state index in [1.54, 1.807) is 0 Å². The molecular formula is C15H15F3N2O2. The zero-order chi connectivity index (χ0) is 16.8. The highest BCUT2D eigenvalue weighted by atomic mass is 19.4. The number of hydrogen-bond acceptors (Lipinski definition) is 2. The molecule has 0 saturated carbocycles. The first-order valence-corrected chi connectivity index (χ1v) is 6.46. The first-order chi connectivity index (χ1) is 10.3. The van der Waals surface area contributed by atoms with Crippen molar-refractivity contribution >= 4 is 11.8 Å². The van der Waals surface area contributed by atoms with Crippen molar-refractivity contribution < 1.29 is 22.8 Å². The molecule has 1 aromatic rings. The van der Waals surface area contributed by atoms with E-state index in [4.69, 9.17) is 12.2 Å². The van der Waals surface area contributed by atoms with Crippen LogP contribution >= 0.6 is 0 Å². The Labute approximate surface area is 125 Å². The van der Waals surface area contributed by atoms with Crippen LogP contribution in [0, 0.1) is 12.3 Å². The van der Waals surface area contributed by atoms with Gasteiger partial charge >= 0.3 is 6.18 Å². The van der Waals surface area contributed by atoms with Crippen LogP contribution < -0.4 is 11.1 Å². The summed E-state index contributed by atoms with van der Waals surface area (Å²) in [6.45, 7) is 0. The van der Waals surface area contributed by atoms with Crippen LogP contribution in [0.15, 0.2) is 24.3 Å². The maximum Gasteiger partial charge on any atom is 0.416 e. The molecule has 0 spiro atoms. The zero-order valence-electron chi connectivity index (χ0n) is 11.6. The fraction of sp³-hybridized carbons (Fsp3) is 0.333. The van der Waals surface area contributed by atoms with Gasteiger partial charge in [-0.05, 0) is 37.1 Å². The molecule has 1 aromatic carbocycles. The normalized spacial score (nSPS) is 12.3. The van der Waals surface area contributed by atoms with E-state index in [1.165, 1.54) is 0 Å². The van der Waals surface area contributed by atoms with E-state index in [-0.39, 0.29) is 12.0 Å². The summed E-state index contributed by atoms with van der Waals surface area (Å²) in [5.74, 6) is 1.00. The summed E-state index contributed by atoms with van der Waals surface area (Å²) in [5.41, 5.74) is 4.33. The van der Waals surface area contributed by atoms with Gasteiger partial charge in [0.15, 0.2) is 0 Å². The topological polar surface area (TPSA) is 72.2 Å². The molecule has 0 aliphatic rings. The fourth-order valence-corrected chi connectivity index (χ4v) is 1.75. The van der Waals surface area contributed by atoms with E-state index in [0.29, 0.717) is 12.8 Å². The minimum atomic E-state index is -4.47. The van der Waals surface area contributed by atoms with E-state index in [9.17, 15) is 22.8 Å². The Bertz CT molecular complexity index is 574. The molecule has 22 heavy (non-hydrogen) atoms. The lowest BCUT2D eigenvalue weighted by molar-refractivity contribution is -0.137. The smallest absolute Gasteiger partial charge is 0.368 e. The van der Waals surface area contributed by atoms with E-state index >= 15 is 0 Å². The summed E-state index contributed by atoms with van der Waals surface area (Å²) in [6, 6.07) is 2.76. The maximum atomic E-state index is 12.4. The maximum absolute atomic E-state index is 12.4. The van der Waals surface area contributed by atoms with E-state index in [0.717, 1.165) is 24.3 Å². The van der Waals surface area contributed by atoms with Gasteiger partial charge in [-0.25, -0.2) is 0 Å². The van der Waals surface area contributed by atoms with Crippen molar-refractivity contribution in [1.29, 1.82) is 0 Å². The summed E-state index contributed by atoms with van der Waals surface area (Å²) >= 11 is 0. The van der Waals surface area contributed by atoms with Crippen molar-refractivity contribution in [1.82, 2.24) is 5.32 Å². The lowest BCUT2D eigenvalue weighted by atomic mass is 10.1. The molecule has 0 saturated heterocycles. The molecule has 0 unspecified atom stereocenters. The second kappa shape index (κ2) is 7.50. The summed E-state index contributed by atoms with van der Waals surface area (Å²) in [7, 11) is 0. The Hall–Kier alpha value is -2.49. The Kier molecular flexibility index (Phi) is 5.99. The Morgan fingerprint density at radius 3 is 2.32 bits per heavy atom. The Morgan fingerprint density at radius 1 is 1.27 bits per heavy atom. The number of hydrogen-bond donors (Lipinski definition) is 2. The van der Waals surface area contributed by atoms with E-state index < -0.39 is 29.6 Å². The van der Waals surface area contributed by atoms with Crippen LogP contribution in [0.4, 0.5) is 13.2 Å². The van der Waals surface area contributed by atoms with Gasteiger partial charge in [0.25, 0.3) is 5.91 Å². The minimum Gasteiger partial charge on any atom is -0.368 e. The van der Waals surface area contributed by atoms with Gasteiger partial charge in [-0.15, -0.1) is 12.3 Å². The van der Waals surface area contributed by atoms with Gasteiger partial charge in [0.2, 0.25) is 5.91 Å². The SMILES string of the molecule is C#CCCC[C@@H](NC(=O)c1ccc(C(F)(F)F)cc1)C(N)=O. The molecule has 118 valence electrons. The number of benzene rings is 1. The highest BCUT2D eigenvalue weighted by Crippen LogP contribution is 2.29. The molecule has 3 N–H and O–H groups in total. The van der Waals surface area contributed by atoms with Gasteiger partial charge in [0.1, 0.15) is 6.04 Å². The third-order valence-electron chi connectivity index (χ3n) is 2.94. The lowest BCUT2D eigenvalue weighted by Gasteiger charge is -2.15. The van der Waals surface area contributed by atoms with Crippen LogP contribution in [0.3, 0.4) is 0 Å². The van der Waals surface area contributed by atoms with Crippen LogP contribution in [0.5, 0.6) is 0 Å². The number of alkyl halides is 3. The average molecular weight is 312 g/mol. The molecule has 0 aliphatic carbocycles. The number of terminal acetylenes is 1. The third-order valence-corrected chi connectivity index (χ3v) is 2.94. The summed E-state index contributed by atoms with van der Waals surface area (Å²) < 4.78 is 37.3. The number of nitrogens with two attached hydrogens (primary N) is 1. The van der Waals surface area contributed by atoms with Crippen LogP contribution in [-0.4, -0.2) is 17.9 Å². The van der Waals surface area contributed by atoms with Crippen LogP contribution in [0.1, 0.15) is 35.2 Å². The van der Waals surface area contributed by atoms with Crippen molar-refractivity contribution in [3.05, 3.63) is 35.4 Å². The molecule has 0 bridgehead atoms. The van der Waals surface area contributed by atoms with Crippen molar-refractivity contribution in [2.75, 3.05) is 0 Å². The fourth-order valence-electron chi connectivity index (χ4n) is 1.75. The van der Waals surface area contributed by atoms with Crippen molar-refractivity contribution in [3.8, 4) is 12.3 Å². The number of nitrogens with one attached hydrogen (secondary N) is 1. The predicted octanol–water partition coefficient (Wildman–Crippen LogP) is 2.09. The predicted molar refractivity (Wildman–Crippen MR) is 74.6 cm³/mol. The lowest BCUT2D eigenvalue weighted by Crippen LogP contribution is -2.44. The van der Waals surface area contributed by atoms with Crippen molar-refractivity contribution in [2.45, 2.75) is 31.5 Å². The number of halogens is 3. The number of rotatable bonds is 6. The number of amides is 2. The molecule has 0 heterocycles. The second-order valence-corrected chi connectivity index (χ2v) is 4.60. The first-order valence-electron chi connectivity index (χ1n) is 6.46. The monoisotopic (exact) mass is 312 g/mol. The van der Waals surface area contributed by atoms with Gasteiger partial charge in [-0.2, -0.15) is 13.2 Å². The molecule has 0 radical (unpaired) electrons. The third kappa shape index (κ3) is 5.13. The molecule has 0 aliphatic heterocycles. The van der Waals surface area contributed by atoms with Gasteiger partial charge in [-0.1, -0.05) is 0 Å². The average Bonchev–Trinajstić information content (AvgIpc) is 2.45. The molecule has 0 fully saturated rings. The molecule has 2 amide bonds. The number of carbonyl (C=O) groups is 2. The highest BCUT2D eigenvalue weighted by molar-refractivity contribution is 5.97. The summed E-state index contributed by atoms with van der Waals surface area (Å²) in [5, 5.41) is 2.39. The molecule has 1 rings (SSSR count). The number of primary amides is 1. The molecule has 1 atom stereocenters. The zero-order valence-corrected chi connectivity index (χ0v) is 11.6. The van der Waals surface area contributed by atoms with E-state index in [1.807, 2.05) is 0 Å². The Morgan fingerprint density at radius 2 is 1.86 bits per heavy atom. The van der Waals surface area contributed by atoms with Crippen LogP contribution in [-0.2, 0) is 11.0 Å². The quantitative estimate of drug-likeness (QED) is 0.623. The summed E-state index contributed by atoms with van der Waals surface area (Å²) in [4.78, 5) is 23.2. The second-order valence-electron chi connectivity index (χ2n) is 4.60. The van der Waals surface area contributed by atoms with Crippen LogP contribution in [0.25, 0.3) is 0 Å². The first kappa shape index (κ1) is 17.6. The summed E-state index contributed by atoms with van der Waals surface area (Å²) in [6.07, 6.45) is 1.81. The van der Waals surface area contributed by atoms with Crippen LogP contribution in [0.2, 0.25) is 0 Å². The van der Waals surface area contributed by atoms with E-state index in [2.05, 4.69) is 11.2 Å². The van der Waals surface area contributed by atoms with Gasteiger partial charge < -0.3 is 11.1 Å². The highest BCUT2D eigenvalue weighted by Gasteiger charge is 2.30. The van der Waals surface area contributed by atoms with Crippen molar-refractivity contribution in [3.63, 3.8) is 0 Å². The van der Waals surface area contributed by atoms with Gasteiger partial charge in [-0.3, -0.25) is 9.59 Å². The van der Waals surface area contributed by atoms with Gasteiger partial charge in [0.05, 0.1) is 5.56 Å². The molecule has 0 aromatic heterocycles. The largest absolute Gasteiger partial charge is 0.416 e. The molecule has 7 heteroatoms. The standard InChI is InChI=1S/C15H15F3N2O2/c1-2-3-4-5-12(13(19)21)20-14(22)10-6-8-11(9-7-10)15(16,17)18/h1,6-9,12H,3-5H2,(H2,19,21)(H,20,22)/t12-/m1/s1. The number of carbonyl (C=O) groups excluding carboxylic acids is 2. The Balaban J connectivity index is 2.74.